The van der Waals surface area contributed by atoms with Crippen LogP contribution in [0.2, 0.25) is 0 Å². The van der Waals surface area contributed by atoms with Gasteiger partial charge in [-0.2, -0.15) is 0 Å². The predicted octanol–water partition coefficient (Wildman–Crippen LogP) is 3.44. The summed E-state index contributed by atoms with van der Waals surface area (Å²) in [5.41, 5.74) is 0. The molecule has 2 atom stereocenters. The SMILES string of the molecule is CCCNC(C)CCCN1CCC(C(C)C)CCC1=O. The van der Waals surface area contributed by atoms with E-state index in [1.807, 2.05) is 0 Å². The quantitative estimate of drug-likeness (QED) is 0.739. The fourth-order valence-electron chi connectivity index (χ4n) is 3.04. The molecule has 0 radical (unpaired) electrons. The minimum atomic E-state index is 0.377. The molecule has 1 amide bonds. The Morgan fingerprint density at radius 3 is 2.70 bits per heavy atom. The number of carbonyl (C=O) groups is 1. The average molecular weight is 282 g/mol. The summed E-state index contributed by atoms with van der Waals surface area (Å²) in [5.74, 6) is 1.82. The Hall–Kier alpha value is -0.570. The summed E-state index contributed by atoms with van der Waals surface area (Å²) < 4.78 is 0. The van der Waals surface area contributed by atoms with Crippen molar-refractivity contribution in [3.05, 3.63) is 0 Å². The van der Waals surface area contributed by atoms with Gasteiger partial charge in [0.05, 0.1) is 0 Å². The zero-order valence-corrected chi connectivity index (χ0v) is 14.0. The van der Waals surface area contributed by atoms with Gasteiger partial charge in [0.1, 0.15) is 0 Å². The highest BCUT2D eigenvalue weighted by atomic mass is 16.2. The van der Waals surface area contributed by atoms with Gasteiger partial charge >= 0.3 is 0 Å². The van der Waals surface area contributed by atoms with E-state index in [1.54, 1.807) is 0 Å². The number of carbonyl (C=O) groups excluding carboxylic acids is 1. The van der Waals surface area contributed by atoms with Crippen LogP contribution in [0.5, 0.6) is 0 Å². The van der Waals surface area contributed by atoms with Gasteiger partial charge in [0, 0.05) is 25.6 Å². The Morgan fingerprint density at radius 2 is 2.05 bits per heavy atom. The standard InChI is InChI=1S/C17H34N2O/c1-5-11-18-15(4)7-6-12-19-13-10-16(14(2)3)8-9-17(19)20/h14-16,18H,5-13H2,1-4H3. The first kappa shape index (κ1) is 17.5. The maximum Gasteiger partial charge on any atom is 0.222 e. The normalized spacial score (nSPS) is 22.1. The molecular weight excluding hydrogens is 248 g/mol. The van der Waals surface area contributed by atoms with E-state index in [0.717, 1.165) is 51.2 Å². The van der Waals surface area contributed by atoms with Crippen molar-refractivity contribution in [2.45, 2.75) is 72.3 Å². The van der Waals surface area contributed by atoms with Crippen LogP contribution in [0.4, 0.5) is 0 Å². The molecule has 0 aromatic carbocycles. The summed E-state index contributed by atoms with van der Waals surface area (Å²) in [6.45, 7) is 12.0. The van der Waals surface area contributed by atoms with Gasteiger partial charge in [-0.3, -0.25) is 4.79 Å². The second kappa shape index (κ2) is 9.38. The van der Waals surface area contributed by atoms with Crippen LogP contribution in [0, 0.1) is 11.8 Å². The highest BCUT2D eigenvalue weighted by Crippen LogP contribution is 2.25. The van der Waals surface area contributed by atoms with Crippen LogP contribution in [-0.4, -0.2) is 36.5 Å². The molecule has 1 saturated heterocycles. The second-order valence-electron chi connectivity index (χ2n) is 6.71. The Morgan fingerprint density at radius 1 is 1.30 bits per heavy atom. The lowest BCUT2D eigenvalue weighted by atomic mass is 9.89. The number of nitrogens with one attached hydrogen (secondary N) is 1. The van der Waals surface area contributed by atoms with Gasteiger partial charge < -0.3 is 10.2 Å². The van der Waals surface area contributed by atoms with Crippen LogP contribution in [0.3, 0.4) is 0 Å². The minimum Gasteiger partial charge on any atom is -0.343 e. The van der Waals surface area contributed by atoms with E-state index in [0.29, 0.717) is 17.9 Å². The molecule has 1 rings (SSSR count). The number of hydrogen-bond donors (Lipinski definition) is 1. The lowest BCUT2D eigenvalue weighted by Crippen LogP contribution is -2.33. The number of hydrogen-bond acceptors (Lipinski definition) is 2. The highest BCUT2D eigenvalue weighted by molar-refractivity contribution is 5.76. The molecule has 1 N–H and O–H groups in total. The summed E-state index contributed by atoms with van der Waals surface area (Å²) in [5, 5.41) is 3.51. The Bertz CT molecular complexity index is 278. The van der Waals surface area contributed by atoms with Crippen molar-refractivity contribution in [2.75, 3.05) is 19.6 Å². The molecule has 0 spiro atoms. The summed E-state index contributed by atoms with van der Waals surface area (Å²) in [4.78, 5) is 14.2. The van der Waals surface area contributed by atoms with Crippen LogP contribution >= 0.6 is 0 Å². The summed E-state index contributed by atoms with van der Waals surface area (Å²) in [7, 11) is 0. The molecule has 1 heterocycles. The maximum atomic E-state index is 12.1. The number of likely N-dealkylation sites (tertiary alicyclic amines) is 1. The maximum absolute atomic E-state index is 12.1. The van der Waals surface area contributed by atoms with Crippen molar-refractivity contribution >= 4 is 5.91 Å². The molecule has 20 heavy (non-hydrogen) atoms. The van der Waals surface area contributed by atoms with E-state index in [2.05, 4.69) is 37.9 Å². The molecule has 0 saturated carbocycles. The minimum absolute atomic E-state index is 0.377. The van der Waals surface area contributed by atoms with E-state index < -0.39 is 0 Å². The lowest BCUT2D eigenvalue weighted by molar-refractivity contribution is -0.130. The lowest BCUT2D eigenvalue weighted by Gasteiger charge is -2.22. The smallest absolute Gasteiger partial charge is 0.222 e. The van der Waals surface area contributed by atoms with Crippen LogP contribution in [0.25, 0.3) is 0 Å². The molecule has 118 valence electrons. The summed E-state index contributed by atoms with van der Waals surface area (Å²) >= 11 is 0. The summed E-state index contributed by atoms with van der Waals surface area (Å²) in [6.07, 6.45) is 6.50. The molecule has 0 aromatic heterocycles. The van der Waals surface area contributed by atoms with E-state index in [4.69, 9.17) is 0 Å². The number of rotatable bonds is 8. The van der Waals surface area contributed by atoms with Gasteiger partial charge in [-0.05, 0) is 57.4 Å². The molecule has 0 bridgehead atoms. The monoisotopic (exact) mass is 282 g/mol. The molecule has 1 aliphatic heterocycles. The predicted molar refractivity (Wildman–Crippen MR) is 85.7 cm³/mol. The Kier molecular flexibility index (Phi) is 8.20. The molecule has 0 aliphatic carbocycles. The van der Waals surface area contributed by atoms with Crippen molar-refractivity contribution in [3.8, 4) is 0 Å². The third kappa shape index (κ3) is 6.25. The second-order valence-corrected chi connectivity index (χ2v) is 6.71. The van der Waals surface area contributed by atoms with E-state index in [-0.39, 0.29) is 0 Å². The fraction of sp³-hybridized carbons (Fsp3) is 0.941. The topological polar surface area (TPSA) is 32.3 Å². The largest absolute Gasteiger partial charge is 0.343 e. The zero-order chi connectivity index (χ0) is 15.0. The van der Waals surface area contributed by atoms with Crippen molar-refractivity contribution in [1.82, 2.24) is 10.2 Å². The van der Waals surface area contributed by atoms with Crippen molar-refractivity contribution < 1.29 is 4.79 Å². The first-order chi connectivity index (χ1) is 9.54. The molecule has 1 fully saturated rings. The van der Waals surface area contributed by atoms with E-state index >= 15 is 0 Å². The Balaban J connectivity index is 2.27. The molecule has 3 nitrogen and oxygen atoms in total. The molecular formula is C17H34N2O. The van der Waals surface area contributed by atoms with Crippen LogP contribution in [0.1, 0.15) is 66.2 Å². The molecule has 3 heteroatoms. The molecule has 0 aromatic rings. The van der Waals surface area contributed by atoms with Gasteiger partial charge in [-0.25, -0.2) is 0 Å². The van der Waals surface area contributed by atoms with Gasteiger partial charge in [0.2, 0.25) is 5.91 Å². The van der Waals surface area contributed by atoms with E-state index in [1.165, 1.54) is 12.8 Å². The average Bonchev–Trinajstić information content (AvgIpc) is 2.59. The molecule has 2 unspecified atom stereocenters. The third-order valence-corrected chi connectivity index (χ3v) is 4.60. The number of nitrogens with zero attached hydrogens (tertiary/aromatic N) is 1. The van der Waals surface area contributed by atoms with Crippen molar-refractivity contribution in [3.63, 3.8) is 0 Å². The van der Waals surface area contributed by atoms with Crippen LogP contribution in [-0.2, 0) is 4.79 Å². The first-order valence-electron chi connectivity index (χ1n) is 8.55. The van der Waals surface area contributed by atoms with Gasteiger partial charge in [-0.15, -0.1) is 0 Å². The zero-order valence-electron chi connectivity index (χ0n) is 14.0. The first-order valence-corrected chi connectivity index (χ1v) is 8.55. The van der Waals surface area contributed by atoms with Crippen molar-refractivity contribution in [1.29, 1.82) is 0 Å². The Labute approximate surface area is 125 Å². The number of amides is 1. The third-order valence-electron chi connectivity index (χ3n) is 4.60. The van der Waals surface area contributed by atoms with Crippen LogP contribution in [0.15, 0.2) is 0 Å². The van der Waals surface area contributed by atoms with E-state index in [9.17, 15) is 4.79 Å². The molecule has 1 aliphatic rings. The van der Waals surface area contributed by atoms with Crippen LogP contribution < -0.4 is 5.32 Å². The van der Waals surface area contributed by atoms with Gasteiger partial charge in [-0.1, -0.05) is 20.8 Å². The van der Waals surface area contributed by atoms with Crippen molar-refractivity contribution in [2.24, 2.45) is 11.8 Å². The summed E-state index contributed by atoms with van der Waals surface area (Å²) in [6, 6.07) is 0.570. The van der Waals surface area contributed by atoms with Gasteiger partial charge in [0.15, 0.2) is 0 Å². The van der Waals surface area contributed by atoms with Gasteiger partial charge in [0.25, 0.3) is 0 Å². The fourth-order valence-corrected chi connectivity index (χ4v) is 3.04. The highest BCUT2D eigenvalue weighted by Gasteiger charge is 2.23.